The van der Waals surface area contributed by atoms with E-state index in [-0.39, 0.29) is 26.4 Å². The van der Waals surface area contributed by atoms with Crippen LogP contribution in [-0.4, -0.2) is 74.0 Å². The molecule has 0 radical (unpaired) electrons. The van der Waals surface area contributed by atoms with Crippen LogP contribution in [0.2, 0.25) is 0 Å². The Morgan fingerprint density at radius 1 is 0.655 bits per heavy atom. The number of rotatable bonds is 20. The molecule has 0 amide bonds. The lowest BCUT2D eigenvalue weighted by Crippen LogP contribution is -2.23. The Morgan fingerprint density at radius 3 is 1.34 bits per heavy atom. The average molecular weight is 417 g/mol. The molecule has 168 valence electrons. The smallest absolute Gasteiger partial charge is 0.330 e. The summed E-state index contributed by atoms with van der Waals surface area (Å²) in [6.07, 6.45) is 7.84. The Balaban J connectivity index is 3.27. The summed E-state index contributed by atoms with van der Waals surface area (Å²) in [5.74, 6) is -1.11. The molecule has 0 saturated heterocycles. The first-order valence-corrected chi connectivity index (χ1v) is 10.1. The summed E-state index contributed by atoms with van der Waals surface area (Å²) in [6, 6.07) is 0. The number of hydrogen-bond acceptors (Lipinski definition) is 8. The van der Waals surface area contributed by atoms with Crippen LogP contribution in [0.5, 0.6) is 0 Å². The summed E-state index contributed by atoms with van der Waals surface area (Å²) in [6.45, 7) is 7.82. The Bertz CT molecular complexity index is 412. The van der Waals surface area contributed by atoms with Crippen molar-refractivity contribution in [2.45, 2.75) is 57.2 Å². The molecule has 0 bridgehead atoms. The molecule has 2 N–H and O–H groups in total. The lowest BCUT2D eigenvalue weighted by molar-refractivity contribution is -0.142. The van der Waals surface area contributed by atoms with Crippen molar-refractivity contribution in [2.75, 3.05) is 39.6 Å². The molecular weight excluding hydrogens is 380 g/mol. The van der Waals surface area contributed by atoms with E-state index in [1.54, 1.807) is 0 Å². The first kappa shape index (κ1) is 27.3. The zero-order chi connectivity index (χ0) is 21.7. The number of carbonyl (C=O) groups excluding carboxylic acids is 2. The van der Waals surface area contributed by atoms with Crippen LogP contribution in [0.15, 0.2) is 25.3 Å². The van der Waals surface area contributed by atoms with Crippen LogP contribution >= 0.6 is 0 Å². The molecule has 0 spiro atoms. The number of carbonyl (C=O) groups is 2. The van der Waals surface area contributed by atoms with Crippen molar-refractivity contribution in [3.05, 3.63) is 25.3 Å². The molecule has 0 aromatic carbocycles. The van der Waals surface area contributed by atoms with Crippen LogP contribution in [0.4, 0.5) is 0 Å². The highest BCUT2D eigenvalue weighted by molar-refractivity contribution is 5.81. The molecule has 2 atom stereocenters. The van der Waals surface area contributed by atoms with Gasteiger partial charge in [-0.3, -0.25) is 0 Å². The number of esters is 2. The number of ether oxygens (including phenoxy) is 4. The Labute approximate surface area is 173 Å². The SMILES string of the molecule is C=CC(=O)OCC(O)COCCCCCCCCCOCC(O)COC(=O)C=C. The van der Waals surface area contributed by atoms with Gasteiger partial charge in [-0.15, -0.1) is 0 Å². The zero-order valence-electron chi connectivity index (χ0n) is 17.3. The first-order chi connectivity index (χ1) is 14.0. The van der Waals surface area contributed by atoms with E-state index in [2.05, 4.69) is 13.2 Å². The maximum absolute atomic E-state index is 10.8. The van der Waals surface area contributed by atoms with Gasteiger partial charge in [0.1, 0.15) is 25.4 Å². The van der Waals surface area contributed by atoms with E-state index in [0.717, 1.165) is 57.1 Å². The number of hydrogen-bond donors (Lipinski definition) is 2. The minimum absolute atomic E-state index is 0.0870. The third-order valence-corrected chi connectivity index (χ3v) is 3.87. The lowest BCUT2D eigenvalue weighted by atomic mass is 10.1. The monoisotopic (exact) mass is 416 g/mol. The normalized spacial score (nSPS) is 12.8. The first-order valence-electron chi connectivity index (χ1n) is 10.1. The van der Waals surface area contributed by atoms with Gasteiger partial charge >= 0.3 is 11.9 Å². The molecule has 8 nitrogen and oxygen atoms in total. The van der Waals surface area contributed by atoms with Crippen molar-refractivity contribution in [3.63, 3.8) is 0 Å². The predicted molar refractivity (Wildman–Crippen MR) is 108 cm³/mol. The molecule has 2 unspecified atom stereocenters. The fraction of sp³-hybridized carbons (Fsp3) is 0.714. The summed E-state index contributed by atoms with van der Waals surface area (Å²) in [4.78, 5) is 21.7. The maximum atomic E-state index is 10.8. The van der Waals surface area contributed by atoms with E-state index in [1.807, 2.05) is 0 Å². The molecule has 0 aromatic rings. The van der Waals surface area contributed by atoms with Gasteiger partial charge in [-0.1, -0.05) is 45.3 Å². The predicted octanol–water partition coefficient (Wildman–Crippen LogP) is 1.93. The van der Waals surface area contributed by atoms with Crippen LogP contribution < -0.4 is 0 Å². The van der Waals surface area contributed by atoms with Gasteiger partial charge in [0.05, 0.1) is 13.2 Å². The number of unbranched alkanes of at least 4 members (excludes halogenated alkanes) is 6. The minimum Gasteiger partial charge on any atom is -0.460 e. The fourth-order valence-corrected chi connectivity index (χ4v) is 2.30. The van der Waals surface area contributed by atoms with Crippen molar-refractivity contribution in [3.8, 4) is 0 Å². The summed E-state index contributed by atoms with van der Waals surface area (Å²) in [7, 11) is 0. The van der Waals surface area contributed by atoms with Crippen LogP contribution in [-0.2, 0) is 28.5 Å². The van der Waals surface area contributed by atoms with E-state index >= 15 is 0 Å². The standard InChI is InChI=1S/C21H36O8/c1-3-20(24)28-16-18(22)14-26-12-10-8-6-5-7-9-11-13-27-15-19(23)17-29-21(25)4-2/h3-4,18-19,22-23H,1-2,5-17H2. The van der Waals surface area contributed by atoms with Crippen molar-refractivity contribution in [2.24, 2.45) is 0 Å². The van der Waals surface area contributed by atoms with Gasteiger partial charge in [0.2, 0.25) is 0 Å². The molecule has 0 aliphatic carbocycles. The number of aliphatic hydroxyl groups excluding tert-OH is 2. The third-order valence-electron chi connectivity index (χ3n) is 3.87. The Kier molecular flexibility index (Phi) is 18.4. The molecule has 8 heteroatoms. The zero-order valence-corrected chi connectivity index (χ0v) is 17.3. The molecule has 0 fully saturated rings. The topological polar surface area (TPSA) is 112 Å². The average Bonchev–Trinajstić information content (AvgIpc) is 2.73. The quantitative estimate of drug-likeness (QED) is 0.176. The van der Waals surface area contributed by atoms with Gasteiger partial charge in [-0.2, -0.15) is 0 Å². The number of aliphatic hydroxyl groups is 2. The van der Waals surface area contributed by atoms with E-state index in [0.29, 0.717) is 13.2 Å². The van der Waals surface area contributed by atoms with Crippen LogP contribution in [0.3, 0.4) is 0 Å². The van der Waals surface area contributed by atoms with E-state index in [1.165, 1.54) is 0 Å². The molecule has 0 saturated carbocycles. The van der Waals surface area contributed by atoms with Gasteiger partial charge in [-0.25, -0.2) is 9.59 Å². The summed E-state index contributed by atoms with van der Waals surface area (Å²) in [5.41, 5.74) is 0. The second-order valence-electron chi connectivity index (χ2n) is 6.60. The molecule has 29 heavy (non-hydrogen) atoms. The second kappa shape index (κ2) is 19.6. The fourth-order valence-electron chi connectivity index (χ4n) is 2.30. The summed E-state index contributed by atoms with van der Waals surface area (Å²) < 4.78 is 20.1. The lowest BCUT2D eigenvalue weighted by Gasteiger charge is -2.11. The van der Waals surface area contributed by atoms with Gasteiger partial charge in [-0.05, 0) is 12.8 Å². The van der Waals surface area contributed by atoms with Crippen LogP contribution in [0, 0.1) is 0 Å². The van der Waals surface area contributed by atoms with E-state index in [4.69, 9.17) is 18.9 Å². The summed E-state index contributed by atoms with van der Waals surface area (Å²) in [5, 5.41) is 19.1. The van der Waals surface area contributed by atoms with Gasteiger partial charge < -0.3 is 29.2 Å². The minimum atomic E-state index is -0.815. The van der Waals surface area contributed by atoms with E-state index in [9.17, 15) is 19.8 Å². The largest absolute Gasteiger partial charge is 0.460 e. The van der Waals surface area contributed by atoms with Crippen LogP contribution in [0.1, 0.15) is 44.9 Å². The molecule has 0 rings (SSSR count). The van der Waals surface area contributed by atoms with Crippen molar-refractivity contribution in [1.29, 1.82) is 0 Å². The molecule has 0 heterocycles. The highest BCUT2D eigenvalue weighted by atomic mass is 16.6. The van der Waals surface area contributed by atoms with E-state index < -0.39 is 24.1 Å². The van der Waals surface area contributed by atoms with Gasteiger partial charge in [0.15, 0.2) is 0 Å². The van der Waals surface area contributed by atoms with Crippen molar-refractivity contribution in [1.82, 2.24) is 0 Å². The second-order valence-corrected chi connectivity index (χ2v) is 6.60. The highest BCUT2D eigenvalue weighted by Crippen LogP contribution is 2.07. The van der Waals surface area contributed by atoms with Gasteiger partial charge in [0.25, 0.3) is 0 Å². The van der Waals surface area contributed by atoms with Gasteiger partial charge in [0, 0.05) is 25.4 Å². The maximum Gasteiger partial charge on any atom is 0.330 e. The highest BCUT2D eigenvalue weighted by Gasteiger charge is 2.07. The molecule has 0 aliphatic rings. The third kappa shape index (κ3) is 19.4. The Hall–Kier alpha value is -1.74. The van der Waals surface area contributed by atoms with Crippen LogP contribution in [0.25, 0.3) is 0 Å². The molecular formula is C21H36O8. The molecule has 0 aromatic heterocycles. The molecule has 0 aliphatic heterocycles. The summed E-state index contributed by atoms with van der Waals surface area (Å²) >= 11 is 0. The van der Waals surface area contributed by atoms with Crippen molar-refractivity contribution >= 4 is 11.9 Å². The Morgan fingerprint density at radius 2 is 1.00 bits per heavy atom. The van der Waals surface area contributed by atoms with Crippen molar-refractivity contribution < 1.29 is 38.7 Å².